The quantitative estimate of drug-likeness (QED) is 0.859. The summed E-state index contributed by atoms with van der Waals surface area (Å²) in [4.78, 5) is 6.35. The van der Waals surface area contributed by atoms with E-state index < -0.39 is 6.10 Å². The van der Waals surface area contributed by atoms with Gasteiger partial charge in [-0.2, -0.15) is 0 Å². The van der Waals surface area contributed by atoms with Crippen LogP contribution < -0.4 is 4.90 Å². The van der Waals surface area contributed by atoms with Gasteiger partial charge < -0.3 is 15.1 Å². The molecule has 1 unspecified atom stereocenters. The lowest BCUT2D eigenvalue weighted by Crippen LogP contribution is -2.28. The fourth-order valence-electron chi connectivity index (χ4n) is 2.09. The number of nitrogens with zero attached hydrogens (tertiary/aromatic N) is 2. The number of benzene rings is 1. The molecule has 0 spiro atoms. The Morgan fingerprint density at radius 1 is 1.33 bits per heavy atom. The number of likely N-dealkylation sites (N-methyl/N-ethyl adjacent to an activating group) is 1. The van der Waals surface area contributed by atoms with Crippen molar-refractivity contribution in [2.45, 2.75) is 19.6 Å². The Bertz CT molecular complexity index is 540. The average Bonchev–Trinajstić information content (AvgIpc) is 2.36. The lowest BCUT2D eigenvalue weighted by atomic mass is 10.1. The molecule has 2 N–H and O–H groups in total. The van der Waals surface area contributed by atoms with Crippen LogP contribution in [0, 0.1) is 0 Å². The summed E-state index contributed by atoms with van der Waals surface area (Å²) in [5.74, 6) is 0.790. The van der Waals surface area contributed by atoms with Crippen LogP contribution in [0.5, 0.6) is 0 Å². The van der Waals surface area contributed by atoms with Crippen LogP contribution in [-0.4, -0.2) is 34.9 Å². The summed E-state index contributed by atoms with van der Waals surface area (Å²) in [6, 6.07) is 9.80. The first-order valence-electron chi connectivity index (χ1n) is 6.00. The highest BCUT2D eigenvalue weighted by Crippen LogP contribution is 2.25. The minimum atomic E-state index is -0.423. The molecule has 0 aliphatic rings. The highest BCUT2D eigenvalue weighted by molar-refractivity contribution is 5.92. The Hall–Kier alpha value is -1.65. The van der Waals surface area contributed by atoms with E-state index >= 15 is 0 Å². The van der Waals surface area contributed by atoms with Gasteiger partial charge in [-0.05, 0) is 18.4 Å². The number of anilines is 1. The summed E-state index contributed by atoms with van der Waals surface area (Å²) >= 11 is 0. The van der Waals surface area contributed by atoms with Gasteiger partial charge in [0.25, 0.3) is 0 Å². The molecule has 0 bridgehead atoms. The molecule has 18 heavy (non-hydrogen) atoms. The van der Waals surface area contributed by atoms with Gasteiger partial charge in [0, 0.05) is 19.0 Å². The maximum atomic E-state index is 9.46. The van der Waals surface area contributed by atoms with E-state index in [4.69, 9.17) is 0 Å². The first-order valence-corrected chi connectivity index (χ1v) is 6.00. The highest BCUT2D eigenvalue weighted by Gasteiger charge is 2.11. The Morgan fingerprint density at radius 2 is 2.06 bits per heavy atom. The van der Waals surface area contributed by atoms with Crippen LogP contribution in [0.25, 0.3) is 10.8 Å². The molecule has 2 aromatic rings. The first-order chi connectivity index (χ1) is 8.61. The molecule has 0 saturated carbocycles. The van der Waals surface area contributed by atoms with Crippen molar-refractivity contribution in [3.05, 3.63) is 36.0 Å². The fourth-order valence-corrected chi connectivity index (χ4v) is 2.09. The number of hydrogen-bond acceptors (Lipinski definition) is 4. The molecule has 0 aliphatic heterocycles. The molecule has 0 saturated heterocycles. The minimum Gasteiger partial charge on any atom is -0.392 e. The van der Waals surface area contributed by atoms with Gasteiger partial charge >= 0.3 is 0 Å². The van der Waals surface area contributed by atoms with E-state index in [9.17, 15) is 10.2 Å². The zero-order chi connectivity index (χ0) is 13.1. The number of fused-ring (bicyclic) bond motifs is 1. The van der Waals surface area contributed by atoms with E-state index in [2.05, 4.69) is 4.98 Å². The third-order valence-corrected chi connectivity index (χ3v) is 2.83. The molecule has 0 radical (unpaired) electrons. The van der Waals surface area contributed by atoms with Crippen molar-refractivity contribution in [2.24, 2.45) is 0 Å². The zero-order valence-corrected chi connectivity index (χ0v) is 10.7. The van der Waals surface area contributed by atoms with Crippen molar-refractivity contribution in [1.82, 2.24) is 4.98 Å². The number of hydrogen-bond donors (Lipinski definition) is 2. The summed E-state index contributed by atoms with van der Waals surface area (Å²) in [5.41, 5.74) is 0.640. The monoisotopic (exact) mass is 246 g/mol. The highest BCUT2D eigenvalue weighted by atomic mass is 16.3. The molecule has 1 aromatic carbocycles. The van der Waals surface area contributed by atoms with Crippen LogP contribution in [0.1, 0.15) is 12.6 Å². The summed E-state index contributed by atoms with van der Waals surface area (Å²) in [7, 11) is 1.89. The van der Waals surface area contributed by atoms with Gasteiger partial charge in [-0.15, -0.1) is 0 Å². The standard InChI is InChI=1S/C14H18N2O2/c1-10(18)8-16(2)14-13-6-4-3-5-11(13)7-12(9-17)15-14/h3-7,10,17-18H,8-9H2,1-2H3. The Labute approximate surface area is 107 Å². The molecular weight excluding hydrogens is 228 g/mol. The molecular formula is C14H18N2O2. The van der Waals surface area contributed by atoms with Crippen LogP contribution in [0.2, 0.25) is 0 Å². The fraction of sp³-hybridized carbons (Fsp3) is 0.357. The van der Waals surface area contributed by atoms with E-state index in [-0.39, 0.29) is 6.61 Å². The van der Waals surface area contributed by atoms with Crippen molar-refractivity contribution < 1.29 is 10.2 Å². The molecule has 1 heterocycles. The van der Waals surface area contributed by atoms with Crippen molar-refractivity contribution >= 4 is 16.6 Å². The lowest BCUT2D eigenvalue weighted by Gasteiger charge is -2.22. The average molecular weight is 246 g/mol. The van der Waals surface area contributed by atoms with Crippen LogP contribution in [0.15, 0.2) is 30.3 Å². The van der Waals surface area contributed by atoms with Crippen molar-refractivity contribution in [3.63, 3.8) is 0 Å². The van der Waals surface area contributed by atoms with E-state index in [0.29, 0.717) is 12.2 Å². The number of aromatic nitrogens is 1. The maximum absolute atomic E-state index is 9.46. The van der Waals surface area contributed by atoms with Gasteiger partial charge in [0.1, 0.15) is 5.82 Å². The summed E-state index contributed by atoms with van der Waals surface area (Å²) < 4.78 is 0. The predicted molar refractivity (Wildman–Crippen MR) is 72.6 cm³/mol. The molecule has 0 amide bonds. The SMILES string of the molecule is CC(O)CN(C)c1nc(CO)cc2ccccc12. The van der Waals surface area contributed by atoms with E-state index in [1.807, 2.05) is 42.3 Å². The molecule has 0 aliphatic carbocycles. The van der Waals surface area contributed by atoms with Crippen molar-refractivity contribution in [1.29, 1.82) is 0 Å². The number of aliphatic hydroxyl groups is 2. The van der Waals surface area contributed by atoms with Gasteiger partial charge in [-0.1, -0.05) is 24.3 Å². The van der Waals surface area contributed by atoms with Gasteiger partial charge in [-0.25, -0.2) is 4.98 Å². The van der Waals surface area contributed by atoms with Gasteiger partial charge in [0.2, 0.25) is 0 Å². The first kappa shape index (κ1) is 12.8. The second-order valence-corrected chi connectivity index (χ2v) is 4.55. The maximum Gasteiger partial charge on any atom is 0.136 e. The van der Waals surface area contributed by atoms with Gasteiger partial charge in [0.15, 0.2) is 0 Å². The topological polar surface area (TPSA) is 56.6 Å². The van der Waals surface area contributed by atoms with Crippen LogP contribution in [-0.2, 0) is 6.61 Å². The summed E-state index contributed by atoms with van der Waals surface area (Å²) in [6.45, 7) is 2.17. The Kier molecular flexibility index (Phi) is 3.79. The minimum absolute atomic E-state index is 0.0830. The second kappa shape index (κ2) is 5.33. The molecule has 4 nitrogen and oxygen atoms in total. The largest absolute Gasteiger partial charge is 0.392 e. The molecule has 1 aromatic heterocycles. The number of rotatable bonds is 4. The molecule has 4 heteroatoms. The third-order valence-electron chi connectivity index (χ3n) is 2.83. The second-order valence-electron chi connectivity index (χ2n) is 4.55. The summed E-state index contributed by atoms with van der Waals surface area (Å²) in [5, 5.41) is 20.8. The normalized spacial score (nSPS) is 12.7. The number of aliphatic hydroxyl groups excluding tert-OH is 2. The third kappa shape index (κ3) is 2.60. The lowest BCUT2D eigenvalue weighted by molar-refractivity contribution is 0.201. The van der Waals surface area contributed by atoms with E-state index in [0.717, 1.165) is 16.6 Å². The van der Waals surface area contributed by atoms with Crippen molar-refractivity contribution in [2.75, 3.05) is 18.5 Å². The Balaban J connectivity index is 2.53. The van der Waals surface area contributed by atoms with Crippen LogP contribution >= 0.6 is 0 Å². The van der Waals surface area contributed by atoms with Gasteiger partial charge in [-0.3, -0.25) is 0 Å². The van der Waals surface area contributed by atoms with E-state index in [1.165, 1.54) is 0 Å². The molecule has 1 atom stereocenters. The predicted octanol–water partition coefficient (Wildman–Crippen LogP) is 1.54. The van der Waals surface area contributed by atoms with Gasteiger partial charge in [0.05, 0.1) is 18.4 Å². The molecule has 0 fully saturated rings. The molecule has 2 rings (SSSR count). The van der Waals surface area contributed by atoms with Crippen molar-refractivity contribution in [3.8, 4) is 0 Å². The zero-order valence-electron chi connectivity index (χ0n) is 10.7. The Morgan fingerprint density at radius 3 is 2.72 bits per heavy atom. The smallest absolute Gasteiger partial charge is 0.136 e. The number of pyridine rings is 1. The summed E-state index contributed by atoms with van der Waals surface area (Å²) in [6.07, 6.45) is -0.423. The van der Waals surface area contributed by atoms with E-state index in [1.54, 1.807) is 6.92 Å². The van der Waals surface area contributed by atoms with Crippen LogP contribution in [0.3, 0.4) is 0 Å². The van der Waals surface area contributed by atoms with Crippen LogP contribution in [0.4, 0.5) is 5.82 Å². The molecule has 96 valence electrons.